The molecule has 0 spiro atoms. The summed E-state index contributed by atoms with van der Waals surface area (Å²) in [5.74, 6) is 0.875. The van der Waals surface area contributed by atoms with Crippen molar-refractivity contribution in [2.45, 2.75) is 10.8 Å². The van der Waals surface area contributed by atoms with Crippen molar-refractivity contribution in [1.29, 1.82) is 0 Å². The van der Waals surface area contributed by atoms with Crippen molar-refractivity contribution in [1.82, 2.24) is 0 Å². The number of aromatic carboxylic acids is 1. The van der Waals surface area contributed by atoms with Gasteiger partial charge in [0.2, 0.25) is 0 Å². The third-order valence-corrected chi connectivity index (χ3v) is 4.75. The van der Waals surface area contributed by atoms with E-state index in [-0.39, 0.29) is 5.56 Å². The zero-order valence-electron chi connectivity index (χ0n) is 11.3. The highest BCUT2D eigenvalue weighted by molar-refractivity contribution is 7.99. The molecule has 1 aliphatic rings. The number of carboxylic acid groups (broad SMARTS) is 1. The van der Waals surface area contributed by atoms with E-state index in [1.54, 1.807) is 6.07 Å². The molecule has 2 aromatic rings. The Bertz CT molecular complexity index is 687. The molecule has 0 radical (unpaired) electrons. The van der Waals surface area contributed by atoms with Crippen LogP contribution in [-0.2, 0) is 0 Å². The van der Waals surface area contributed by atoms with E-state index in [2.05, 4.69) is 12.1 Å². The van der Waals surface area contributed by atoms with Gasteiger partial charge in [-0.1, -0.05) is 18.2 Å². The van der Waals surface area contributed by atoms with Crippen molar-refractivity contribution in [3.63, 3.8) is 0 Å². The maximum atomic E-state index is 10.9. The molecule has 0 saturated heterocycles. The minimum absolute atomic E-state index is 0.168. The molecule has 4 nitrogen and oxygen atoms in total. The van der Waals surface area contributed by atoms with Crippen molar-refractivity contribution in [3.8, 4) is 5.75 Å². The fourth-order valence-corrected chi connectivity index (χ4v) is 3.60. The Morgan fingerprint density at radius 3 is 2.90 bits per heavy atom. The maximum Gasteiger partial charge on any atom is 0.335 e. The molecule has 108 valence electrons. The SMILES string of the molecule is Nc1cc(C(=O)O)ccc1OCC1CSc2ccccc21. The molecule has 0 bridgehead atoms. The standard InChI is InChI=1S/C16H15NO3S/c17-13-7-10(16(18)19)5-6-14(13)20-8-11-9-21-15-4-2-1-3-12(11)15/h1-7,11H,8-9,17H2,(H,18,19). The quantitative estimate of drug-likeness (QED) is 0.848. The molecule has 21 heavy (non-hydrogen) atoms. The zero-order chi connectivity index (χ0) is 14.8. The number of hydrogen-bond donors (Lipinski definition) is 2. The van der Waals surface area contributed by atoms with Crippen molar-refractivity contribution >= 4 is 23.4 Å². The van der Waals surface area contributed by atoms with Crippen LogP contribution >= 0.6 is 11.8 Å². The van der Waals surface area contributed by atoms with E-state index < -0.39 is 5.97 Å². The highest BCUT2D eigenvalue weighted by Crippen LogP contribution is 2.39. The second-order valence-corrected chi connectivity index (χ2v) is 5.98. The van der Waals surface area contributed by atoms with Gasteiger partial charge in [-0.3, -0.25) is 0 Å². The van der Waals surface area contributed by atoms with E-state index in [0.717, 1.165) is 5.75 Å². The molecule has 1 heterocycles. The first-order chi connectivity index (χ1) is 10.1. The van der Waals surface area contributed by atoms with Crippen LogP contribution in [0, 0.1) is 0 Å². The van der Waals surface area contributed by atoms with Gasteiger partial charge in [-0.2, -0.15) is 0 Å². The molecule has 1 atom stereocenters. The second-order valence-electron chi connectivity index (χ2n) is 4.91. The van der Waals surface area contributed by atoms with E-state index >= 15 is 0 Å². The molecular weight excluding hydrogens is 286 g/mol. The Kier molecular flexibility index (Phi) is 3.75. The average Bonchev–Trinajstić information content (AvgIpc) is 2.89. The number of carboxylic acids is 1. The van der Waals surface area contributed by atoms with E-state index in [9.17, 15) is 4.79 Å². The first-order valence-corrected chi connectivity index (χ1v) is 7.61. The van der Waals surface area contributed by atoms with Crippen LogP contribution in [0.15, 0.2) is 47.4 Å². The van der Waals surface area contributed by atoms with Crippen LogP contribution in [0.4, 0.5) is 5.69 Å². The molecule has 0 amide bonds. The van der Waals surface area contributed by atoms with Crippen LogP contribution in [0.5, 0.6) is 5.75 Å². The number of carbonyl (C=O) groups is 1. The number of thioether (sulfide) groups is 1. The Labute approximate surface area is 126 Å². The zero-order valence-corrected chi connectivity index (χ0v) is 12.1. The highest BCUT2D eigenvalue weighted by Gasteiger charge is 2.23. The average molecular weight is 301 g/mol. The predicted octanol–water partition coefficient (Wildman–Crippen LogP) is 3.24. The minimum atomic E-state index is -0.991. The van der Waals surface area contributed by atoms with Gasteiger partial charge in [-0.25, -0.2) is 4.79 Å². The Morgan fingerprint density at radius 2 is 2.14 bits per heavy atom. The summed E-state index contributed by atoms with van der Waals surface area (Å²) in [6.07, 6.45) is 0. The summed E-state index contributed by atoms with van der Waals surface area (Å²) in [5, 5.41) is 8.91. The first kappa shape index (κ1) is 13.8. The Balaban J connectivity index is 1.70. The van der Waals surface area contributed by atoms with Gasteiger partial charge in [-0.15, -0.1) is 11.8 Å². The van der Waals surface area contributed by atoms with Crippen LogP contribution in [-0.4, -0.2) is 23.4 Å². The van der Waals surface area contributed by atoms with Gasteiger partial charge in [-0.05, 0) is 29.8 Å². The third-order valence-electron chi connectivity index (χ3n) is 3.50. The second kappa shape index (κ2) is 5.69. The lowest BCUT2D eigenvalue weighted by atomic mass is 10.0. The maximum absolute atomic E-state index is 10.9. The lowest BCUT2D eigenvalue weighted by molar-refractivity contribution is 0.0697. The van der Waals surface area contributed by atoms with Gasteiger partial charge >= 0.3 is 5.97 Å². The molecular formula is C16H15NO3S. The summed E-state index contributed by atoms with van der Waals surface area (Å²) < 4.78 is 5.78. The summed E-state index contributed by atoms with van der Waals surface area (Å²) in [4.78, 5) is 12.2. The summed E-state index contributed by atoms with van der Waals surface area (Å²) in [6, 6.07) is 12.9. The summed E-state index contributed by atoms with van der Waals surface area (Å²) in [5.41, 5.74) is 7.68. The van der Waals surface area contributed by atoms with Crippen LogP contribution in [0.2, 0.25) is 0 Å². The number of ether oxygens (including phenoxy) is 1. The van der Waals surface area contributed by atoms with Gasteiger partial charge < -0.3 is 15.6 Å². The third kappa shape index (κ3) is 2.83. The number of fused-ring (bicyclic) bond motifs is 1. The molecule has 0 saturated carbocycles. The molecule has 0 aromatic heterocycles. The fourth-order valence-electron chi connectivity index (χ4n) is 2.37. The van der Waals surface area contributed by atoms with Crippen LogP contribution in [0.25, 0.3) is 0 Å². The Morgan fingerprint density at radius 1 is 1.33 bits per heavy atom. The van der Waals surface area contributed by atoms with Gasteiger partial charge in [0.1, 0.15) is 5.75 Å². The topological polar surface area (TPSA) is 72.6 Å². The van der Waals surface area contributed by atoms with Gasteiger partial charge in [0, 0.05) is 16.6 Å². The fraction of sp³-hybridized carbons (Fsp3) is 0.188. The predicted molar refractivity (Wildman–Crippen MR) is 83.2 cm³/mol. The number of nitrogens with two attached hydrogens (primary N) is 1. The molecule has 3 rings (SSSR count). The van der Waals surface area contributed by atoms with E-state index in [1.807, 2.05) is 23.9 Å². The first-order valence-electron chi connectivity index (χ1n) is 6.62. The van der Waals surface area contributed by atoms with Crippen LogP contribution in [0.3, 0.4) is 0 Å². The minimum Gasteiger partial charge on any atom is -0.491 e. The number of hydrogen-bond acceptors (Lipinski definition) is 4. The largest absolute Gasteiger partial charge is 0.491 e. The molecule has 0 aliphatic carbocycles. The summed E-state index contributed by atoms with van der Waals surface area (Å²) in [6.45, 7) is 0.542. The molecule has 3 N–H and O–H groups in total. The summed E-state index contributed by atoms with van der Waals surface area (Å²) >= 11 is 1.83. The van der Waals surface area contributed by atoms with E-state index in [0.29, 0.717) is 24.0 Å². The molecule has 5 heteroatoms. The number of anilines is 1. The highest BCUT2D eigenvalue weighted by atomic mass is 32.2. The monoisotopic (exact) mass is 301 g/mol. The lowest BCUT2D eigenvalue weighted by Crippen LogP contribution is -2.11. The number of rotatable bonds is 4. The Hall–Kier alpha value is -2.14. The normalized spacial score (nSPS) is 16.5. The van der Waals surface area contributed by atoms with Crippen molar-refractivity contribution < 1.29 is 14.6 Å². The molecule has 0 fully saturated rings. The van der Waals surface area contributed by atoms with Gasteiger partial charge in [0.25, 0.3) is 0 Å². The van der Waals surface area contributed by atoms with Crippen molar-refractivity contribution in [3.05, 3.63) is 53.6 Å². The van der Waals surface area contributed by atoms with E-state index in [1.165, 1.54) is 22.6 Å². The molecule has 1 aliphatic heterocycles. The van der Waals surface area contributed by atoms with Gasteiger partial charge in [0.05, 0.1) is 17.9 Å². The van der Waals surface area contributed by atoms with E-state index in [4.69, 9.17) is 15.6 Å². The number of nitrogen functional groups attached to an aromatic ring is 1. The number of benzene rings is 2. The van der Waals surface area contributed by atoms with Gasteiger partial charge in [0.15, 0.2) is 0 Å². The summed E-state index contributed by atoms with van der Waals surface area (Å²) in [7, 11) is 0. The van der Waals surface area contributed by atoms with Crippen molar-refractivity contribution in [2.24, 2.45) is 0 Å². The molecule has 2 aromatic carbocycles. The molecule has 1 unspecified atom stereocenters. The van der Waals surface area contributed by atoms with Crippen molar-refractivity contribution in [2.75, 3.05) is 18.1 Å². The van der Waals surface area contributed by atoms with Crippen LogP contribution < -0.4 is 10.5 Å². The smallest absolute Gasteiger partial charge is 0.335 e. The van der Waals surface area contributed by atoms with Crippen LogP contribution in [0.1, 0.15) is 21.8 Å². The lowest BCUT2D eigenvalue weighted by Gasteiger charge is -2.14.